The van der Waals surface area contributed by atoms with Crippen molar-refractivity contribution in [2.75, 3.05) is 13.2 Å². The quantitative estimate of drug-likeness (QED) is 0.346. The van der Waals surface area contributed by atoms with Gasteiger partial charge in [0.05, 0.1) is 22.7 Å². The van der Waals surface area contributed by atoms with Gasteiger partial charge in [-0.2, -0.15) is 0 Å². The van der Waals surface area contributed by atoms with Crippen LogP contribution >= 0.6 is 0 Å². The van der Waals surface area contributed by atoms with Crippen LogP contribution in [0.2, 0.25) is 0 Å². The first-order chi connectivity index (χ1) is 9.20. The number of non-ortho nitro benzene ring substituents is 1. The molecule has 0 aliphatic rings. The third-order valence-corrected chi connectivity index (χ3v) is 2.43. The monoisotopic (exact) mass is 281 g/mol. The molecule has 0 heterocycles. The Labute approximate surface area is 117 Å². The molecule has 0 unspecified atom stereocenters. The van der Waals surface area contributed by atoms with Crippen molar-refractivity contribution >= 4 is 11.5 Å². The van der Waals surface area contributed by atoms with Crippen LogP contribution in [-0.2, 0) is 4.74 Å². The highest BCUT2D eigenvalue weighted by Crippen LogP contribution is 2.24. The van der Waals surface area contributed by atoms with Gasteiger partial charge in [-0.25, -0.2) is 0 Å². The smallest absolute Gasteiger partial charge is 0.270 e. The molecule has 0 aliphatic heterocycles. The Balaban J connectivity index is 2.75. The van der Waals surface area contributed by atoms with Gasteiger partial charge in [0, 0.05) is 12.1 Å². The number of ether oxygens (including phenoxy) is 2. The highest BCUT2D eigenvalue weighted by atomic mass is 16.6. The second kappa shape index (κ2) is 6.47. The maximum atomic E-state index is 11.5. The molecule has 0 aromatic heterocycles. The number of nitro benzene ring substituents is 1. The van der Waals surface area contributed by atoms with Crippen molar-refractivity contribution in [3.63, 3.8) is 0 Å². The number of hydrogen-bond donors (Lipinski definition) is 0. The van der Waals surface area contributed by atoms with Crippen LogP contribution in [0.4, 0.5) is 5.69 Å². The fourth-order valence-electron chi connectivity index (χ4n) is 1.53. The molecule has 0 amide bonds. The van der Waals surface area contributed by atoms with E-state index in [1.165, 1.54) is 25.1 Å². The fourth-order valence-corrected chi connectivity index (χ4v) is 1.53. The predicted molar refractivity (Wildman–Crippen MR) is 74.3 cm³/mol. The van der Waals surface area contributed by atoms with E-state index in [4.69, 9.17) is 9.47 Å². The number of Topliss-reactive ketones (excluding diaryl/α,β-unsaturated/α-hetero) is 1. The third kappa shape index (κ3) is 4.97. The van der Waals surface area contributed by atoms with Gasteiger partial charge < -0.3 is 9.47 Å². The molecule has 0 aliphatic carbocycles. The largest absolute Gasteiger partial charge is 0.490 e. The summed E-state index contributed by atoms with van der Waals surface area (Å²) in [4.78, 5) is 21.6. The standard InChI is InChI=1S/C14H19NO5/c1-10(16)12-9-11(15(17)18)5-6-13(12)19-7-8-20-14(2,3)4/h5-6,9H,7-8H2,1-4H3. The van der Waals surface area contributed by atoms with Crippen molar-refractivity contribution in [3.05, 3.63) is 33.9 Å². The number of hydrogen-bond acceptors (Lipinski definition) is 5. The predicted octanol–water partition coefficient (Wildman–Crippen LogP) is 2.99. The fraction of sp³-hybridized carbons (Fsp3) is 0.500. The lowest BCUT2D eigenvalue weighted by atomic mass is 10.1. The van der Waals surface area contributed by atoms with Crippen molar-refractivity contribution < 1.29 is 19.2 Å². The highest BCUT2D eigenvalue weighted by Gasteiger charge is 2.15. The van der Waals surface area contributed by atoms with E-state index in [0.717, 1.165) is 0 Å². The van der Waals surface area contributed by atoms with Crippen LogP contribution in [0.3, 0.4) is 0 Å². The second-order valence-corrected chi connectivity index (χ2v) is 5.30. The molecule has 110 valence electrons. The summed E-state index contributed by atoms with van der Waals surface area (Å²) in [5, 5.41) is 10.7. The van der Waals surface area contributed by atoms with Crippen LogP contribution in [0.25, 0.3) is 0 Å². The lowest BCUT2D eigenvalue weighted by Gasteiger charge is -2.19. The van der Waals surface area contributed by atoms with E-state index in [0.29, 0.717) is 12.4 Å². The SMILES string of the molecule is CC(=O)c1cc([N+](=O)[O-])ccc1OCCOC(C)(C)C. The van der Waals surface area contributed by atoms with E-state index in [-0.39, 0.29) is 29.2 Å². The number of benzene rings is 1. The van der Waals surface area contributed by atoms with E-state index in [2.05, 4.69) is 0 Å². The van der Waals surface area contributed by atoms with Gasteiger partial charge in [-0.05, 0) is 33.8 Å². The molecule has 6 heteroatoms. The summed E-state index contributed by atoms with van der Waals surface area (Å²) in [6.45, 7) is 7.78. The summed E-state index contributed by atoms with van der Waals surface area (Å²) in [7, 11) is 0. The maximum absolute atomic E-state index is 11.5. The normalized spacial score (nSPS) is 11.2. The molecular formula is C14H19NO5. The van der Waals surface area contributed by atoms with Gasteiger partial charge >= 0.3 is 0 Å². The summed E-state index contributed by atoms with van der Waals surface area (Å²) in [5.74, 6) is 0.0565. The van der Waals surface area contributed by atoms with Crippen molar-refractivity contribution in [2.24, 2.45) is 0 Å². The summed E-state index contributed by atoms with van der Waals surface area (Å²) < 4.78 is 11.0. The van der Waals surface area contributed by atoms with Crippen LogP contribution < -0.4 is 4.74 Å². The van der Waals surface area contributed by atoms with Gasteiger partial charge in [-0.15, -0.1) is 0 Å². The number of nitro groups is 1. The van der Waals surface area contributed by atoms with Crippen molar-refractivity contribution in [1.29, 1.82) is 0 Å². The molecule has 0 fully saturated rings. The number of carbonyl (C=O) groups is 1. The number of carbonyl (C=O) groups excluding carboxylic acids is 1. The van der Waals surface area contributed by atoms with E-state index < -0.39 is 4.92 Å². The first-order valence-electron chi connectivity index (χ1n) is 6.27. The molecule has 6 nitrogen and oxygen atoms in total. The molecule has 0 saturated carbocycles. The molecule has 1 rings (SSSR count). The van der Waals surface area contributed by atoms with Crippen LogP contribution in [0.1, 0.15) is 38.1 Å². The molecule has 1 aromatic rings. The minimum atomic E-state index is -0.543. The maximum Gasteiger partial charge on any atom is 0.270 e. The van der Waals surface area contributed by atoms with Crippen LogP contribution in [-0.4, -0.2) is 29.5 Å². The van der Waals surface area contributed by atoms with Gasteiger partial charge in [0.2, 0.25) is 0 Å². The Morgan fingerprint density at radius 2 is 1.95 bits per heavy atom. The van der Waals surface area contributed by atoms with Crippen molar-refractivity contribution in [1.82, 2.24) is 0 Å². The summed E-state index contributed by atoms with van der Waals surface area (Å²) >= 11 is 0. The average Bonchev–Trinajstić information content (AvgIpc) is 2.33. The van der Waals surface area contributed by atoms with Crippen LogP contribution in [0.15, 0.2) is 18.2 Å². The molecule has 0 saturated heterocycles. The number of rotatable bonds is 6. The first kappa shape index (κ1) is 16.1. The molecule has 0 bridgehead atoms. The zero-order chi connectivity index (χ0) is 15.3. The highest BCUT2D eigenvalue weighted by molar-refractivity contribution is 5.97. The second-order valence-electron chi connectivity index (χ2n) is 5.30. The summed E-state index contributed by atoms with van der Waals surface area (Å²) in [6, 6.07) is 3.97. The summed E-state index contributed by atoms with van der Waals surface area (Å²) in [6.07, 6.45) is 0. The van der Waals surface area contributed by atoms with Crippen LogP contribution in [0, 0.1) is 10.1 Å². The van der Waals surface area contributed by atoms with Gasteiger partial charge in [0.15, 0.2) is 5.78 Å². The number of nitrogens with zero attached hydrogens (tertiary/aromatic N) is 1. The zero-order valence-electron chi connectivity index (χ0n) is 12.1. The summed E-state index contributed by atoms with van der Waals surface area (Å²) in [5.41, 5.74) is -0.189. The molecule has 0 atom stereocenters. The topological polar surface area (TPSA) is 78.7 Å². The first-order valence-corrected chi connectivity index (χ1v) is 6.27. The van der Waals surface area contributed by atoms with Crippen molar-refractivity contribution in [3.8, 4) is 5.75 Å². The molecule has 1 aromatic carbocycles. The van der Waals surface area contributed by atoms with Crippen molar-refractivity contribution in [2.45, 2.75) is 33.3 Å². The molecule has 0 spiro atoms. The molecular weight excluding hydrogens is 262 g/mol. The van der Waals surface area contributed by atoms with E-state index in [9.17, 15) is 14.9 Å². The minimum absolute atomic E-state index is 0.131. The Bertz CT molecular complexity index is 505. The Hall–Kier alpha value is -1.95. The minimum Gasteiger partial charge on any atom is -0.490 e. The lowest BCUT2D eigenvalue weighted by Crippen LogP contribution is -2.22. The molecule has 0 N–H and O–H groups in total. The van der Waals surface area contributed by atoms with E-state index in [1.54, 1.807) is 0 Å². The van der Waals surface area contributed by atoms with E-state index >= 15 is 0 Å². The van der Waals surface area contributed by atoms with Gasteiger partial charge in [0.1, 0.15) is 12.4 Å². The molecule has 20 heavy (non-hydrogen) atoms. The Morgan fingerprint density at radius 1 is 1.30 bits per heavy atom. The third-order valence-electron chi connectivity index (χ3n) is 2.43. The Morgan fingerprint density at radius 3 is 2.45 bits per heavy atom. The van der Waals surface area contributed by atoms with Gasteiger partial charge in [-0.1, -0.05) is 0 Å². The van der Waals surface area contributed by atoms with E-state index in [1.807, 2.05) is 20.8 Å². The molecule has 0 radical (unpaired) electrons. The Kier molecular flexibility index (Phi) is 5.21. The number of ketones is 1. The van der Waals surface area contributed by atoms with Gasteiger partial charge in [-0.3, -0.25) is 14.9 Å². The van der Waals surface area contributed by atoms with Gasteiger partial charge in [0.25, 0.3) is 5.69 Å². The average molecular weight is 281 g/mol. The van der Waals surface area contributed by atoms with Crippen LogP contribution in [0.5, 0.6) is 5.75 Å². The zero-order valence-corrected chi connectivity index (χ0v) is 12.1. The lowest BCUT2D eigenvalue weighted by molar-refractivity contribution is -0.384.